The molecule has 1 aliphatic heterocycles. The molecule has 1 aliphatic rings. The highest BCUT2D eigenvalue weighted by atomic mass is 16.5. The Balaban J connectivity index is 1.77. The van der Waals surface area contributed by atoms with Gasteiger partial charge in [0.1, 0.15) is 28.6 Å². The van der Waals surface area contributed by atoms with Crippen LogP contribution in [0, 0.1) is 0 Å². The van der Waals surface area contributed by atoms with Gasteiger partial charge in [-0.15, -0.1) is 0 Å². The maximum Gasteiger partial charge on any atom is 0.271 e. The second-order valence-corrected chi connectivity index (χ2v) is 6.47. The van der Waals surface area contributed by atoms with Gasteiger partial charge in [0, 0.05) is 18.2 Å². The van der Waals surface area contributed by atoms with Gasteiger partial charge in [-0.3, -0.25) is 4.79 Å². The van der Waals surface area contributed by atoms with Gasteiger partial charge in [0.2, 0.25) is 0 Å². The third-order valence-electron chi connectivity index (χ3n) is 4.89. The Morgan fingerprint density at radius 2 is 1.70 bits per heavy atom. The number of fused-ring (bicyclic) bond motifs is 1. The lowest BCUT2D eigenvalue weighted by Crippen LogP contribution is -2.26. The molecule has 1 aromatic heterocycles. The minimum Gasteiger partial charge on any atom is -0.496 e. The maximum absolute atomic E-state index is 12.6. The molecule has 2 heterocycles. The van der Waals surface area contributed by atoms with Gasteiger partial charge in [0.15, 0.2) is 0 Å². The largest absolute Gasteiger partial charge is 0.496 e. The number of rotatable bonds is 4. The van der Waals surface area contributed by atoms with Crippen molar-refractivity contribution < 1.29 is 14.3 Å². The van der Waals surface area contributed by atoms with E-state index in [0.717, 1.165) is 5.69 Å². The van der Waals surface area contributed by atoms with E-state index in [-0.39, 0.29) is 11.8 Å². The number of amides is 1. The number of carbonyl (C=O) groups is 1. The summed E-state index contributed by atoms with van der Waals surface area (Å²) >= 11 is 0. The van der Waals surface area contributed by atoms with E-state index < -0.39 is 0 Å². The van der Waals surface area contributed by atoms with Gasteiger partial charge in [-0.1, -0.05) is 36.4 Å². The monoisotopic (exact) mass is 363 g/mol. The summed E-state index contributed by atoms with van der Waals surface area (Å²) in [6, 6.07) is 15.7. The van der Waals surface area contributed by atoms with Crippen molar-refractivity contribution in [3.8, 4) is 22.9 Å². The molecule has 0 radical (unpaired) electrons. The van der Waals surface area contributed by atoms with E-state index in [2.05, 4.69) is 27.4 Å². The standard InChI is InChI=1S/C21H21N3O3/c1-26-16-9-6-10-17(27-2)18(16)20-23-15-11-14(13-7-4-3-5-8-13)12-22-21(25)19(15)24-20/h3-10,14H,11-12H2,1-2H3,(H,22,25)(H,23,24). The van der Waals surface area contributed by atoms with Crippen molar-refractivity contribution in [2.45, 2.75) is 12.3 Å². The molecule has 4 rings (SSSR count). The van der Waals surface area contributed by atoms with Crippen molar-refractivity contribution in [2.24, 2.45) is 0 Å². The lowest BCUT2D eigenvalue weighted by atomic mass is 9.94. The molecule has 138 valence electrons. The summed E-state index contributed by atoms with van der Waals surface area (Å²) < 4.78 is 11.0. The van der Waals surface area contributed by atoms with Gasteiger partial charge < -0.3 is 19.8 Å². The molecule has 27 heavy (non-hydrogen) atoms. The third kappa shape index (κ3) is 3.14. The van der Waals surface area contributed by atoms with E-state index in [0.29, 0.717) is 41.5 Å². The summed E-state index contributed by atoms with van der Waals surface area (Å²) in [7, 11) is 3.20. The van der Waals surface area contributed by atoms with Crippen molar-refractivity contribution >= 4 is 5.91 Å². The van der Waals surface area contributed by atoms with E-state index in [1.807, 2.05) is 36.4 Å². The highest BCUT2D eigenvalue weighted by Gasteiger charge is 2.28. The van der Waals surface area contributed by atoms with Crippen molar-refractivity contribution in [2.75, 3.05) is 20.8 Å². The molecule has 6 heteroatoms. The Hall–Kier alpha value is -3.28. The predicted octanol–water partition coefficient (Wildman–Crippen LogP) is 3.16. The van der Waals surface area contributed by atoms with Crippen LogP contribution >= 0.6 is 0 Å². The number of nitrogens with one attached hydrogen (secondary N) is 2. The molecule has 0 fully saturated rings. The first-order valence-electron chi connectivity index (χ1n) is 8.84. The van der Waals surface area contributed by atoms with E-state index >= 15 is 0 Å². The van der Waals surface area contributed by atoms with E-state index in [9.17, 15) is 4.79 Å². The number of aromatic amines is 1. The highest BCUT2D eigenvalue weighted by molar-refractivity contribution is 5.95. The molecule has 0 saturated heterocycles. The minimum absolute atomic E-state index is 0.167. The fourth-order valence-electron chi connectivity index (χ4n) is 3.53. The summed E-state index contributed by atoms with van der Waals surface area (Å²) in [5, 5.41) is 2.99. The zero-order chi connectivity index (χ0) is 18.8. The summed E-state index contributed by atoms with van der Waals surface area (Å²) in [5.41, 5.74) is 3.15. The number of hydrogen-bond acceptors (Lipinski definition) is 4. The molecule has 3 aromatic rings. The van der Waals surface area contributed by atoms with Crippen LogP contribution in [0.2, 0.25) is 0 Å². The molecule has 0 saturated carbocycles. The number of ether oxygens (including phenoxy) is 2. The summed E-state index contributed by atoms with van der Waals surface area (Å²) in [6.45, 7) is 0.584. The number of aromatic nitrogens is 2. The lowest BCUT2D eigenvalue weighted by Gasteiger charge is -2.14. The van der Waals surface area contributed by atoms with Crippen LogP contribution in [0.4, 0.5) is 0 Å². The van der Waals surface area contributed by atoms with Gasteiger partial charge in [0.05, 0.1) is 14.2 Å². The topological polar surface area (TPSA) is 76.2 Å². The summed E-state index contributed by atoms with van der Waals surface area (Å²) in [4.78, 5) is 20.5. The van der Waals surface area contributed by atoms with Crippen LogP contribution in [0.15, 0.2) is 48.5 Å². The number of nitrogens with zero attached hydrogens (tertiary/aromatic N) is 1. The van der Waals surface area contributed by atoms with Gasteiger partial charge in [-0.2, -0.15) is 0 Å². The first-order chi connectivity index (χ1) is 13.2. The summed E-state index contributed by atoms with van der Waals surface area (Å²) in [5.74, 6) is 1.86. The van der Waals surface area contributed by atoms with Crippen LogP contribution in [-0.4, -0.2) is 36.6 Å². The third-order valence-corrected chi connectivity index (χ3v) is 4.89. The number of imidazole rings is 1. The molecule has 0 bridgehead atoms. The summed E-state index contributed by atoms with van der Waals surface area (Å²) in [6.07, 6.45) is 0.697. The molecule has 1 unspecified atom stereocenters. The van der Waals surface area contributed by atoms with E-state index in [4.69, 9.17) is 9.47 Å². The molecular formula is C21H21N3O3. The second kappa shape index (κ2) is 7.15. The van der Waals surface area contributed by atoms with Crippen molar-refractivity contribution in [1.29, 1.82) is 0 Å². The Bertz CT molecular complexity index is 944. The van der Waals surface area contributed by atoms with Crippen LogP contribution in [0.3, 0.4) is 0 Å². The van der Waals surface area contributed by atoms with Crippen molar-refractivity contribution in [3.05, 3.63) is 65.5 Å². The quantitative estimate of drug-likeness (QED) is 0.747. The Morgan fingerprint density at radius 3 is 2.37 bits per heavy atom. The van der Waals surface area contributed by atoms with Gasteiger partial charge >= 0.3 is 0 Å². The average Bonchev–Trinajstić information content (AvgIpc) is 3.07. The fraction of sp³-hybridized carbons (Fsp3) is 0.238. The predicted molar refractivity (Wildman–Crippen MR) is 102 cm³/mol. The molecule has 1 amide bonds. The highest BCUT2D eigenvalue weighted by Crippen LogP contribution is 2.37. The van der Waals surface area contributed by atoms with Gasteiger partial charge in [-0.25, -0.2) is 4.98 Å². The molecule has 6 nitrogen and oxygen atoms in total. The number of hydrogen-bond donors (Lipinski definition) is 2. The molecule has 1 atom stereocenters. The Morgan fingerprint density at radius 1 is 1.00 bits per heavy atom. The second-order valence-electron chi connectivity index (χ2n) is 6.47. The molecule has 0 aliphatic carbocycles. The van der Waals surface area contributed by atoms with Gasteiger partial charge in [-0.05, 0) is 24.1 Å². The van der Waals surface area contributed by atoms with Crippen LogP contribution in [0.5, 0.6) is 11.5 Å². The number of benzene rings is 2. The zero-order valence-electron chi connectivity index (χ0n) is 15.3. The van der Waals surface area contributed by atoms with E-state index in [1.165, 1.54) is 5.56 Å². The van der Waals surface area contributed by atoms with Crippen LogP contribution in [-0.2, 0) is 6.42 Å². The van der Waals surface area contributed by atoms with Crippen LogP contribution in [0.25, 0.3) is 11.4 Å². The number of carbonyl (C=O) groups excluding carboxylic acids is 1. The molecule has 2 N–H and O–H groups in total. The first kappa shape index (κ1) is 17.1. The number of H-pyrrole nitrogens is 1. The Labute approximate surface area is 157 Å². The van der Waals surface area contributed by atoms with Crippen molar-refractivity contribution in [3.63, 3.8) is 0 Å². The fourth-order valence-corrected chi connectivity index (χ4v) is 3.53. The lowest BCUT2D eigenvalue weighted by molar-refractivity contribution is 0.0950. The van der Waals surface area contributed by atoms with Crippen molar-refractivity contribution in [1.82, 2.24) is 15.3 Å². The number of methoxy groups -OCH3 is 2. The smallest absolute Gasteiger partial charge is 0.271 e. The SMILES string of the molecule is COc1cccc(OC)c1-c1nc2c([nH]1)CC(c1ccccc1)CNC2=O. The molecule has 2 aromatic carbocycles. The molecular weight excluding hydrogens is 342 g/mol. The molecule has 0 spiro atoms. The first-order valence-corrected chi connectivity index (χ1v) is 8.84. The normalized spacial score (nSPS) is 16.2. The average molecular weight is 363 g/mol. The van der Waals surface area contributed by atoms with Crippen LogP contribution < -0.4 is 14.8 Å². The van der Waals surface area contributed by atoms with E-state index in [1.54, 1.807) is 14.2 Å². The van der Waals surface area contributed by atoms with Gasteiger partial charge in [0.25, 0.3) is 5.91 Å². The van der Waals surface area contributed by atoms with Crippen LogP contribution in [0.1, 0.15) is 27.7 Å². The Kier molecular flexibility index (Phi) is 4.54. The maximum atomic E-state index is 12.6. The zero-order valence-corrected chi connectivity index (χ0v) is 15.3. The minimum atomic E-state index is -0.167.